The largest absolute Gasteiger partial charge is 0.497 e. The number of ether oxygens (including phenoxy) is 2. The van der Waals surface area contributed by atoms with E-state index >= 15 is 0 Å². The number of aryl methyl sites for hydroxylation is 1. The van der Waals surface area contributed by atoms with Crippen molar-refractivity contribution in [3.8, 4) is 5.75 Å². The Morgan fingerprint density at radius 1 is 1.03 bits per heavy atom. The van der Waals surface area contributed by atoms with Crippen molar-refractivity contribution in [2.24, 2.45) is 17.3 Å². The van der Waals surface area contributed by atoms with Crippen molar-refractivity contribution in [1.29, 1.82) is 0 Å². The fourth-order valence-electron chi connectivity index (χ4n) is 7.28. The number of methoxy groups -OCH3 is 1. The average molecular weight is 441 g/mol. The van der Waals surface area contributed by atoms with Crippen LogP contribution in [0.2, 0.25) is 0 Å². The van der Waals surface area contributed by atoms with E-state index in [0.717, 1.165) is 37.4 Å². The van der Waals surface area contributed by atoms with Crippen LogP contribution in [-0.4, -0.2) is 19.2 Å². The molecule has 3 aliphatic rings. The predicted octanol–water partition coefficient (Wildman–Crippen LogP) is 7.60. The molecule has 2 saturated carbocycles. The Bertz CT molecular complexity index is 772. The number of carbonyl (C=O) groups is 1. The van der Waals surface area contributed by atoms with Gasteiger partial charge in [-0.05, 0) is 86.0 Å². The zero-order chi connectivity index (χ0) is 22.6. The molecule has 0 saturated heterocycles. The number of esters is 1. The van der Waals surface area contributed by atoms with Gasteiger partial charge in [-0.2, -0.15) is 0 Å². The lowest BCUT2D eigenvalue weighted by Crippen LogP contribution is -2.45. The molecule has 0 aromatic heterocycles. The van der Waals surface area contributed by atoms with Crippen molar-refractivity contribution in [3.63, 3.8) is 0 Å². The third kappa shape index (κ3) is 4.87. The monoisotopic (exact) mass is 440 g/mol. The number of rotatable bonds is 10. The predicted molar refractivity (Wildman–Crippen MR) is 130 cm³/mol. The van der Waals surface area contributed by atoms with Gasteiger partial charge in [0.15, 0.2) is 0 Å². The summed E-state index contributed by atoms with van der Waals surface area (Å²) in [6.07, 6.45) is 16.5. The van der Waals surface area contributed by atoms with E-state index in [1.807, 2.05) is 0 Å². The fourth-order valence-corrected chi connectivity index (χ4v) is 7.28. The third-order valence-corrected chi connectivity index (χ3v) is 9.10. The van der Waals surface area contributed by atoms with E-state index in [-0.39, 0.29) is 17.5 Å². The van der Waals surface area contributed by atoms with Crippen molar-refractivity contribution in [1.82, 2.24) is 0 Å². The molecule has 4 rings (SSSR count). The maximum absolute atomic E-state index is 12.6. The van der Waals surface area contributed by atoms with E-state index in [2.05, 4.69) is 32.0 Å². The maximum Gasteiger partial charge on any atom is 0.306 e. The van der Waals surface area contributed by atoms with Gasteiger partial charge >= 0.3 is 5.97 Å². The SMILES string of the molecule is CCCCCCCCCC(=O)OC1CCC2C3CCc4cc(OC)ccc4C3CC[C@]12C. The highest BCUT2D eigenvalue weighted by Gasteiger charge is 2.56. The Morgan fingerprint density at radius 2 is 1.81 bits per heavy atom. The van der Waals surface area contributed by atoms with E-state index in [9.17, 15) is 4.79 Å². The van der Waals surface area contributed by atoms with Crippen molar-refractivity contribution in [2.75, 3.05) is 7.11 Å². The summed E-state index contributed by atoms with van der Waals surface area (Å²) in [5, 5.41) is 0. The number of hydrogen-bond donors (Lipinski definition) is 0. The lowest BCUT2D eigenvalue weighted by atomic mass is 9.55. The summed E-state index contributed by atoms with van der Waals surface area (Å²) in [6.45, 7) is 4.68. The summed E-state index contributed by atoms with van der Waals surface area (Å²) >= 11 is 0. The minimum absolute atomic E-state index is 0.0497. The Balaban J connectivity index is 1.30. The van der Waals surface area contributed by atoms with Crippen LogP contribution in [0.15, 0.2) is 18.2 Å². The van der Waals surface area contributed by atoms with Crippen molar-refractivity contribution < 1.29 is 14.3 Å². The van der Waals surface area contributed by atoms with E-state index in [1.165, 1.54) is 63.4 Å². The number of unbranched alkanes of at least 4 members (excludes halogenated alkanes) is 6. The molecular formula is C29H44O3. The normalized spacial score (nSPS) is 30.8. The zero-order valence-electron chi connectivity index (χ0n) is 20.7. The Hall–Kier alpha value is -1.51. The molecular weight excluding hydrogens is 396 g/mol. The second-order valence-corrected chi connectivity index (χ2v) is 11.0. The van der Waals surface area contributed by atoms with E-state index in [4.69, 9.17) is 9.47 Å². The molecule has 0 spiro atoms. The van der Waals surface area contributed by atoms with Gasteiger partial charge in [0, 0.05) is 11.8 Å². The molecule has 1 aromatic carbocycles. The highest BCUT2D eigenvalue weighted by Crippen LogP contribution is 2.61. The molecule has 0 heterocycles. The Labute approximate surface area is 195 Å². The first kappa shape index (κ1) is 23.6. The molecule has 4 unspecified atom stereocenters. The molecule has 3 aliphatic carbocycles. The van der Waals surface area contributed by atoms with Gasteiger partial charge in [0.05, 0.1) is 7.11 Å². The zero-order valence-corrected chi connectivity index (χ0v) is 20.7. The smallest absolute Gasteiger partial charge is 0.306 e. The van der Waals surface area contributed by atoms with Gasteiger partial charge < -0.3 is 9.47 Å². The summed E-state index contributed by atoms with van der Waals surface area (Å²) in [5.41, 5.74) is 3.22. The topological polar surface area (TPSA) is 35.5 Å². The molecule has 0 amide bonds. The van der Waals surface area contributed by atoms with Crippen molar-refractivity contribution >= 4 is 5.97 Å². The highest BCUT2D eigenvalue weighted by molar-refractivity contribution is 5.69. The molecule has 0 N–H and O–H groups in total. The molecule has 5 atom stereocenters. The molecule has 0 bridgehead atoms. The van der Waals surface area contributed by atoms with Crippen LogP contribution in [0.4, 0.5) is 0 Å². The summed E-state index contributed by atoms with van der Waals surface area (Å²) in [7, 11) is 1.76. The van der Waals surface area contributed by atoms with Crippen LogP contribution in [0, 0.1) is 17.3 Å². The number of hydrogen-bond acceptors (Lipinski definition) is 3. The molecule has 32 heavy (non-hydrogen) atoms. The van der Waals surface area contributed by atoms with Crippen molar-refractivity contribution in [2.45, 2.75) is 116 Å². The summed E-state index contributed by atoms with van der Waals surface area (Å²) in [5.74, 6) is 3.13. The van der Waals surface area contributed by atoms with E-state index in [0.29, 0.717) is 18.3 Å². The second-order valence-electron chi connectivity index (χ2n) is 11.0. The maximum atomic E-state index is 12.6. The highest BCUT2D eigenvalue weighted by atomic mass is 16.5. The van der Waals surface area contributed by atoms with E-state index < -0.39 is 0 Å². The van der Waals surface area contributed by atoms with Crippen molar-refractivity contribution in [3.05, 3.63) is 29.3 Å². The van der Waals surface area contributed by atoms with E-state index in [1.54, 1.807) is 12.7 Å². The fraction of sp³-hybridized carbons (Fsp3) is 0.759. The first-order chi connectivity index (χ1) is 15.6. The van der Waals surface area contributed by atoms with Gasteiger partial charge in [-0.3, -0.25) is 4.79 Å². The molecule has 178 valence electrons. The van der Waals surface area contributed by atoms with Crippen LogP contribution < -0.4 is 4.74 Å². The molecule has 2 fully saturated rings. The third-order valence-electron chi connectivity index (χ3n) is 9.10. The molecule has 3 nitrogen and oxygen atoms in total. The molecule has 0 aliphatic heterocycles. The van der Waals surface area contributed by atoms with Crippen LogP contribution in [0.25, 0.3) is 0 Å². The second kappa shape index (κ2) is 10.6. The minimum atomic E-state index is 0.0497. The quantitative estimate of drug-likeness (QED) is 0.277. The molecule has 3 heteroatoms. The van der Waals surface area contributed by atoms with Gasteiger partial charge in [-0.15, -0.1) is 0 Å². The number of carbonyl (C=O) groups excluding carboxylic acids is 1. The van der Waals surface area contributed by atoms with Crippen LogP contribution in [-0.2, 0) is 16.0 Å². The summed E-state index contributed by atoms with van der Waals surface area (Å²) in [6, 6.07) is 6.71. The average Bonchev–Trinajstić information content (AvgIpc) is 3.13. The first-order valence-corrected chi connectivity index (χ1v) is 13.4. The van der Waals surface area contributed by atoms with Crippen LogP contribution in [0.5, 0.6) is 5.75 Å². The van der Waals surface area contributed by atoms with Gasteiger partial charge in [-0.25, -0.2) is 0 Å². The minimum Gasteiger partial charge on any atom is -0.497 e. The van der Waals surface area contributed by atoms with Crippen LogP contribution >= 0.6 is 0 Å². The van der Waals surface area contributed by atoms with Crippen LogP contribution in [0.3, 0.4) is 0 Å². The summed E-state index contributed by atoms with van der Waals surface area (Å²) < 4.78 is 11.6. The Kier molecular flexibility index (Phi) is 7.84. The van der Waals surface area contributed by atoms with Gasteiger partial charge in [-0.1, -0.05) is 58.4 Å². The van der Waals surface area contributed by atoms with Gasteiger partial charge in [0.2, 0.25) is 0 Å². The number of fused-ring (bicyclic) bond motifs is 5. The van der Waals surface area contributed by atoms with Gasteiger partial charge in [0.1, 0.15) is 11.9 Å². The lowest BCUT2D eigenvalue weighted by molar-refractivity contribution is -0.157. The Morgan fingerprint density at radius 3 is 2.59 bits per heavy atom. The molecule has 0 radical (unpaired) electrons. The molecule has 1 aromatic rings. The summed E-state index contributed by atoms with van der Waals surface area (Å²) in [4.78, 5) is 12.6. The standard InChI is InChI=1S/C29H44O3/c1-4-5-6-7-8-9-10-11-28(30)32-27-17-16-26-25-14-12-21-20-22(31-3)13-15-23(21)24(25)18-19-29(26,27)2/h13,15,20,24-27H,4-12,14,16-19H2,1-3H3/t24?,25?,26?,27?,29-/m0/s1. The van der Waals surface area contributed by atoms with Crippen LogP contribution in [0.1, 0.15) is 114 Å². The van der Waals surface area contributed by atoms with Gasteiger partial charge in [0.25, 0.3) is 0 Å². The lowest BCUT2D eigenvalue weighted by Gasteiger charge is -2.50. The number of benzene rings is 1. The first-order valence-electron chi connectivity index (χ1n) is 13.4.